The number of H-pyrrole nitrogens is 1. The van der Waals surface area contributed by atoms with Gasteiger partial charge in [-0.2, -0.15) is 0 Å². The molecule has 0 spiro atoms. The Kier molecular flexibility index (Phi) is 9.04. The molecule has 0 bridgehead atoms. The predicted molar refractivity (Wildman–Crippen MR) is 130 cm³/mol. The van der Waals surface area contributed by atoms with Gasteiger partial charge in [-0.1, -0.05) is 44.9 Å². The normalized spacial score (nSPS) is 11.7. The second-order valence-electron chi connectivity index (χ2n) is 8.61. The lowest BCUT2D eigenvalue weighted by Gasteiger charge is -2.25. The van der Waals surface area contributed by atoms with Crippen molar-refractivity contribution in [3.63, 3.8) is 0 Å². The molecule has 9 nitrogen and oxygen atoms in total. The highest BCUT2D eigenvalue weighted by Crippen LogP contribution is 2.21. The fourth-order valence-corrected chi connectivity index (χ4v) is 4.57. The maximum Gasteiger partial charge on any atom is 0.330 e. The van der Waals surface area contributed by atoms with Gasteiger partial charge in [-0.3, -0.25) is 19.1 Å². The van der Waals surface area contributed by atoms with Crippen LogP contribution in [0.2, 0.25) is 0 Å². The number of nitrogens with two attached hydrogens (primary N) is 1. The highest BCUT2D eigenvalue weighted by Gasteiger charge is 2.26. The van der Waals surface area contributed by atoms with E-state index in [4.69, 9.17) is 5.73 Å². The van der Waals surface area contributed by atoms with Crippen molar-refractivity contribution in [2.45, 2.75) is 64.8 Å². The maximum atomic E-state index is 13.2. The third-order valence-corrected chi connectivity index (χ3v) is 7.15. The Labute approximate surface area is 194 Å². The Balaban J connectivity index is 2.38. The molecule has 0 unspecified atom stereocenters. The van der Waals surface area contributed by atoms with Crippen molar-refractivity contribution in [1.82, 2.24) is 9.55 Å². The van der Waals surface area contributed by atoms with Gasteiger partial charge in [0.25, 0.3) is 5.56 Å². The summed E-state index contributed by atoms with van der Waals surface area (Å²) in [5.74, 6) is -0.803. The summed E-state index contributed by atoms with van der Waals surface area (Å²) in [6.45, 7) is 8.25. The standard InChI is InChI=1S/C23H34N4O5S/c1-5-6-13-27-21(24)20(22(29)25-23(27)30)26(14-11-16(2)3)19(28)12-15-33(31,32)18-9-7-17(4)8-10-18/h7-10,16H,5-6,11-15,24H2,1-4H3,(H,25,29,30). The number of carbonyl (C=O) groups excluding carboxylic acids is 1. The minimum absolute atomic E-state index is 0.0873. The summed E-state index contributed by atoms with van der Waals surface area (Å²) in [7, 11) is -3.69. The Bertz CT molecular complexity index is 1180. The number of unbranched alkanes of at least 4 members (excludes halogenated alkanes) is 1. The number of nitrogen functional groups attached to an aromatic ring is 1. The molecule has 33 heavy (non-hydrogen) atoms. The second-order valence-corrected chi connectivity index (χ2v) is 10.7. The van der Waals surface area contributed by atoms with Crippen molar-refractivity contribution in [1.29, 1.82) is 0 Å². The predicted octanol–water partition coefficient (Wildman–Crippen LogP) is 2.47. The largest absolute Gasteiger partial charge is 0.383 e. The van der Waals surface area contributed by atoms with Gasteiger partial charge in [-0.15, -0.1) is 0 Å². The van der Waals surface area contributed by atoms with Crippen LogP contribution in [0.25, 0.3) is 0 Å². The number of sulfone groups is 1. The van der Waals surface area contributed by atoms with Crippen molar-refractivity contribution in [2.24, 2.45) is 5.92 Å². The summed E-state index contributed by atoms with van der Waals surface area (Å²) in [6.07, 6.45) is 1.74. The smallest absolute Gasteiger partial charge is 0.330 e. The SMILES string of the molecule is CCCCn1c(N)c(N(CCC(C)C)C(=O)CCS(=O)(=O)c2ccc(C)cc2)c(=O)[nH]c1=O. The van der Waals surface area contributed by atoms with Crippen molar-refractivity contribution in [3.05, 3.63) is 50.7 Å². The molecule has 1 aromatic heterocycles. The number of anilines is 2. The van der Waals surface area contributed by atoms with Gasteiger partial charge < -0.3 is 10.6 Å². The van der Waals surface area contributed by atoms with Crippen LogP contribution in [0, 0.1) is 12.8 Å². The van der Waals surface area contributed by atoms with Gasteiger partial charge in [0.15, 0.2) is 15.5 Å². The van der Waals surface area contributed by atoms with E-state index in [0.29, 0.717) is 19.4 Å². The number of hydrogen-bond acceptors (Lipinski definition) is 6. The van der Waals surface area contributed by atoms with Gasteiger partial charge in [-0.05, 0) is 37.8 Å². The fourth-order valence-electron chi connectivity index (χ4n) is 3.35. The summed E-state index contributed by atoms with van der Waals surface area (Å²) in [6, 6.07) is 6.42. The Hall–Kier alpha value is -2.88. The highest BCUT2D eigenvalue weighted by atomic mass is 32.2. The average Bonchev–Trinajstić information content (AvgIpc) is 2.74. The van der Waals surface area contributed by atoms with Gasteiger partial charge in [-0.25, -0.2) is 13.2 Å². The van der Waals surface area contributed by atoms with E-state index in [1.54, 1.807) is 12.1 Å². The number of aromatic amines is 1. The Morgan fingerprint density at radius 2 is 1.82 bits per heavy atom. The summed E-state index contributed by atoms with van der Waals surface area (Å²) >= 11 is 0. The number of aryl methyl sites for hydroxylation is 1. The summed E-state index contributed by atoms with van der Waals surface area (Å²) in [5, 5.41) is 0. The zero-order valence-electron chi connectivity index (χ0n) is 19.8. The number of rotatable bonds is 11. The molecular weight excluding hydrogens is 444 g/mol. The molecule has 0 aliphatic heterocycles. The molecule has 0 radical (unpaired) electrons. The van der Waals surface area contributed by atoms with Crippen LogP contribution in [-0.4, -0.2) is 36.2 Å². The Morgan fingerprint density at radius 3 is 2.39 bits per heavy atom. The van der Waals surface area contributed by atoms with Gasteiger partial charge in [0, 0.05) is 19.5 Å². The summed E-state index contributed by atoms with van der Waals surface area (Å²) in [5.41, 5.74) is 5.62. The van der Waals surface area contributed by atoms with E-state index in [1.807, 2.05) is 27.7 Å². The molecule has 1 aromatic carbocycles. The number of hydrogen-bond donors (Lipinski definition) is 2. The van der Waals surface area contributed by atoms with Crippen LogP contribution in [0.15, 0.2) is 38.8 Å². The molecule has 2 rings (SSSR count). The molecule has 0 saturated carbocycles. The van der Waals surface area contributed by atoms with Crippen molar-refractivity contribution in [2.75, 3.05) is 22.9 Å². The van der Waals surface area contributed by atoms with Crippen LogP contribution < -0.4 is 21.9 Å². The third-order valence-electron chi connectivity index (χ3n) is 5.42. The monoisotopic (exact) mass is 478 g/mol. The van der Waals surface area contributed by atoms with Crippen molar-refractivity contribution >= 4 is 27.2 Å². The van der Waals surface area contributed by atoms with Gasteiger partial charge in [0.1, 0.15) is 5.82 Å². The lowest BCUT2D eigenvalue weighted by molar-refractivity contribution is -0.118. The molecule has 0 aliphatic rings. The number of nitrogens with zero attached hydrogens (tertiary/aromatic N) is 2. The number of nitrogens with one attached hydrogen (secondary N) is 1. The van der Waals surface area contributed by atoms with Crippen LogP contribution >= 0.6 is 0 Å². The van der Waals surface area contributed by atoms with Gasteiger partial charge in [0.05, 0.1) is 10.6 Å². The van der Waals surface area contributed by atoms with Crippen LogP contribution in [0.3, 0.4) is 0 Å². The molecule has 0 atom stereocenters. The van der Waals surface area contributed by atoms with Crippen molar-refractivity contribution in [3.8, 4) is 0 Å². The lowest BCUT2D eigenvalue weighted by Crippen LogP contribution is -2.42. The Morgan fingerprint density at radius 1 is 1.18 bits per heavy atom. The van der Waals surface area contributed by atoms with E-state index in [2.05, 4.69) is 4.98 Å². The van der Waals surface area contributed by atoms with Gasteiger partial charge in [0.2, 0.25) is 5.91 Å². The van der Waals surface area contributed by atoms with E-state index in [-0.39, 0.29) is 35.3 Å². The van der Waals surface area contributed by atoms with E-state index < -0.39 is 32.7 Å². The quantitative estimate of drug-likeness (QED) is 0.509. The molecule has 2 aromatic rings. The molecule has 0 fully saturated rings. The van der Waals surface area contributed by atoms with Gasteiger partial charge >= 0.3 is 5.69 Å². The minimum atomic E-state index is -3.69. The minimum Gasteiger partial charge on any atom is -0.383 e. The van der Waals surface area contributed by atoms with Crippen LogP contribution in [0.5, 0.6) is 0 Å². The first kappa shape index (κ1) is 26.4. The molecule has 182 valence electrons. The summed E-state index contributed by atoms with van der Waals surface area (Å²) < 4.78 is 26.7. The number of amides is 1. The van der Waals surface area contributed by atoms with E-state index in [1.165, 1.54) is 21.6 Å². The zero-order chi connectivity index (χ0) is 24.8. The fraction of sp³-hybridized carbons (Fsp3) is 0.522. The first-order chi connectivity index (χ1) is 15.5. The number of aromatic nitrogens is 2. The molecule has 10 heteroatoms. The average molecular weight is 479 g/mol. The van der Waals surface area contributed by atoms with Crippen LogP contribution in [0.1, 0.15) is 52.0 Å². The number of carbonyl (C=O) groups is 1. The molecule has 3 N–H and O–H groups in total. The maximum absolute atomic E-state index is 13.2. The van der Waals surface area contributed by atoms with Crippen LogP contribution in [0.4, 0.5) is 11.5 Å². The van der Waals surface area contributed by atoms with Crippen molar-refractivity contribution < 1.29 is 13.2 Å². The number of benzene rings is 1. The highest BCUT2D eigenvalue weighted by molar-refractivity contribution is 7.91. The molecule has 0 aliphatic carbocycles. The van der Waals surface area contributed by atoms with E-state index in [9.17, 15) is 22.8 Å². The van der Waals surface area contributed by atoms with Crippen LogP contribution in [-0.2, 0) is 21.2 Å². The third kappa shape index (κ3) is 6.80. The second kappa shape index (κ2) is 11.3. The molecule has 1 amide bonds. The first-order valence-electron chi connectivity index (χ1n) is 11.2. The zero-order valence-corrected chi connectivity index (χ0v) is 20.6. The lowest BCUT2D eigenvalue weighted by atomic mass is 10.1. The van der Waals surface area contributed by atoms with E-state index in [0.717, 1.165) is 12.0 Å². The first-order valence-corrected chi connectivity index (χ1v) is 12.9. The molecule has 0 saturated heterocycles. The molecular formula is C23H34N4O5S. The summed E-state index contributed by atoms with van der Waals surface area (Å²) in [4.78, 5) is 41.7. The topological polar surface area (TPSA) is 135 Å². The van der Waals surface area contributed by atoms with E-state index >= 15 is 0 Å². The molecule has 1 heterocycles.